The van der Waals surface area contributed by atoms with Crippen LogP contribution in [0.15, 0.2) is 20.9 Å². The molecule has 0 radical (unpaired) electrons. The second-order valence-corrected chi connectivity index (χ2v) is 11.5. The minimum absolute atomic E-state index is 0.0651. The second-order valence-electron chi connectivity index (χ2n) is 8.22. The lowest BCUT2D eigenvalue weighted by atomic mass is 9.95. The molecule has 4 rings (SSSR count). The average molecular weight is 398 g/mol. The molecule has 0 unspecified atom stereocenters. The Kier molecular flexibility index (Phi) is 4.07. The topological polar surface area (TPSA) is 96.5 Å². The normalized spacial score (nSPS) is 25.1. The standard InChI is InChI=1S/C17H23N3O4S2/c1-16(2,3)12-6-7-13(25-12)26(22,23)20-9-8-17(21,10-20)15-18-14(19-24-15)11-4-5-11/h6-7,11,21H,4-5,8-10H2,1-3H3/t17-/m0/s1. The lowest BCUT2D eigenvalue weighted by molar-refractivity contribution is 0.0194. The van der Waals surface area contributed by atoms with Crippen molar-refractivity contribution in [3.63, 3.8) is 0 Å². The molecule has 1 N–H and O–H groups in total. The molecule has 26 heavy (non-hydrogen) atoms. The van der Waals surface area contributed by atoms with Crippen molar-refractivity contribution in [3.8, 4) is 0 Å². The van der Waals surface area contributed by atoms with Crippen LogP contribution in [0.3, 0.4) is 0 Å². The minimum Gasteiger partial charge on any atom is -0.379 e. The molecule has 0 amide bonds. The molecule has 1 saturated carbocycles. The number of aliphatic hydroxyl groups is 1. The Labute approximate surface area is 157 Å². The zero-order valence-corrected chi connectivity index (χ0v) is 16.7. The molecule has 0 aromatic carbocycles. The highest BCUT2D eigenvalue weighted by atomic mass is 32.2. The molecule has 2 aromatic heterocycles. The van der Waals surface area contributed by atoms with Gasteiger partial charge in [-0.1, -0.05) is 25.9 Å². The van der Waals surface area contributed by atoms with Gasteiger partial charge >= 0.3 is 0 Å². The van der Waals surface area contributed by atoms with E-state index in [0.717, 1.165) is 17.7 Å². The number of aromatic nitrogens is 2. The first kappa shape index (κ1) is 18.1. The van der Waals surface area contributed by atoms with Gasteiger partial charge in [-0.05, 0) is 30.4 Å². The van der Waals surface area contributed by atoms with Gasteiger partial charge in [0.1, 0.15) is 4.21 Å². The minimum atomic E-state index is -3.65. The molecule has 2 aliphatic rings. The third-order valence-electron chi connectivity index (χ3n) is 4.91. The number of β-amino-alcohol motifs (C(OH)–C–C–N with tert-alkyl or cyclic N) is 1. The molecule has 0 spiro atoms. The van der Waals surface area contributed by atoms with E-state index in [-0.39, 0.29) is 30.8 Å². The third-order valence-corrected chi connectivity index (χ3v) is 8.73. The first-order chi connectivity index (χ1) is 12.1. The molecule has 1 atom stereocenters. The van der Waals surface area contributed by atoms with Crippen LogP contribution in [0.25, 0.3) is 0 Å². The first-order valence-corrected chi connectivity index (χ1v) is 11.0. The van der Waals surface area contributed by atoms with E-state index in [9.17, 15) is 13.5 Å². The number of hydrogen-bond acceptors (Lipinski definition) is 7. The summed E-state index contributed by atoms with van der Waals surface area (Å²) in [6.45, 7) is 6.32. The lowest BCUT2D eigenvalue weighted by Crippen LogP contribution is -2.34. The molecule has 1 aliphatic heterocycles. The van der Waals surface area contributed by atoms with Gasteiger partial charge in [0, 0.05) is 23.8 Å². The summed E-state index contributed by atoms with van der Waals surface area (Å²) in [4.78, 5) is 5.32. The third kappa shape index (κ3) is 3.11. The smallest absolute Gasteiger partial charge is 0.260 e. The van der Waals surface area contributed by atoms with Gasteiger partial charge in [-0.15, -0.1) is 11.3 Å². The molecule has 2 aromatic rings. The Hall–Kier alpha value is -1.29. The van der Waals surface area contributed by atoms with E-state index >= 15 is 0 Å². The summed E-state index contributed by atoms with van der Waals surface area (Å²) in [6.07, 6.45) is 2.31. The second kappa shape index (κ2) is 5.85. The number of rotatable bonds is 4. The number of sulfonamides is 1. The summed E-state index contributed by atoms with van der Waals surface area (Å²) in [5.41, 5.74) is -1.52. The van der Waals surface area contributed by atoms with E-state index < -0.39 is 15.6 Å². The monoisotopic (exact) mass is 397 g/mol. The lowest BCUT2D eigenvalue weighted by Gasteiger charge is -2.19. The highest BCUT2D eigenvalue weighted by Crippen LogP contribution is 2.41. The molecular formula is C17H23N3O4S2. The van der Waals surface area contributed by atoms with Gasteiger partial charge in [-0.2, -0.15) is 9.29 Å². The van der Waals surface area contributed by atoms with Gasteiger partial charge in [-0.25, -0.2) is 8.42 Å². The van der Waals surface area contributed by atoms with E-state index in [0.29, 0.717) is 16.0 Å². The fourth-order valence-corrected chi connectivity index (χ4v) is 6.07. The Morgan fingerprint density at radius 3 is 2.69 bits per heavy atom. The van der Waals surface area contributed by atoms with Crippen molar-refractivity contribution in [1.29, 1.82) is 0 Å². The fraction of sp³-hybridized carbons (Fsp3) is 0.647. The van der Waals surface area contributed by atoms with Crippen LogP contribution < -0.4 is 0 Å². The van der Waals surface area contributed by atoms with Crippen molar-refractivity contribution >= 4 is 21.4 Å². The summed E-state index contributed by atoms with van der Waals surface area (Å²) in [5, 5.41) is 14.8. The van der Waals surface area contributed by atoms with Gasteiger partial charge in [0.05, 0.1) is 6.54 Å². The predicted molar refractivity (Wildman–Crippen MR) is 96.6 cm³/mol. The van der Waals surface area contributed by atoms with Crippen LogP contribution in [-0.2, 0) is 21.0 Å². The van der Waals surface area contributed by atoms with E-state index in [1.54, 1.807) is 6.07 Å². The number of thiophene rings is 1. The summed E-state index contributed by atoms with van der Waals surface area (Å²) < 4.78 is 32.8. The molecule has 1 saturated heterocycles. The average Bonchev–Trinajstić information content (AvgIpc) is 3.01. The van der Waals surface area contributed by atoms with Crippen molar-refractivity contribution in [1.82, 2.24) is 14.4 Å². The van der Waals surface area contributed by atoms with E-state index in [1.807, 2.05) is 6.07 Å². The molecule has 7 nitrogen and oxygen atoms in total. The van der Waals surface area contributed by atoms with Gasteiger partial charge in [0.25, 0.3) is 15.9 Å². The van der Waals surface area contributed by atoms with Crippen LogP contribution in [0.4, 0.5) is 0 Å². The van der Waals surface area contributed by atoms with Gasteiger partial charge in [0.15, 0.2) is 11.4 Å². The van der Waals surface area contributed by atoms with Crippen molar-refractivity contribution in [2.75, 3.05) is 13.1 Å². The maximum atomic E-state index is 13.0. The zero-order chi connectivity index (χ0) is 18.7. The maximum absolute atomic E-state index is 13.0. The molecule has 142 valence electrons. The van der Waals surface area contributed by atoms with Crippen molar-refractivity contribution in [3.05, 3.63) is 28.7 Å². The van der Waals surface area contributed by atoms with Crippen LogP contribution in [0, 0.1) is 0 Å². The van der Waals surface area contributed by atoms with Crippen molar-refractivity contribution in [2.45, 2.75) is 61.2 Å². The van der Waals surface area contributed by atoms with Crippen LogP contribution in [0.1, 0.15) is 62.5 Å². The molecular weight excluding hydrogens is 374 g/mol. The molecule has 3 heterocycles. The van der Waals surface area contributed by atoms with E-state index in [1.165, 1.54) is 15.6 Å². The van der Waals surface area contributed by atoms with Gasteiger partial charge in [-0.3, -0.25) is 0 Å². The number of nitrogens with zero attached hydrogens (tertiary/aromatic N) is 3. The largest absolute Gasteiger partial charge is 0.379 e. The van der Waals surface area contributed by atoms with E-state index in [2.05, 4.69) is 30.9 Å². The van der Waals surface area contributed by atoms with E-state index in [4.69, 9.17) is 4.52 Å². The molecule has 9 heteroatoms. The highest BCUT2D eigenvalue weighted by Gasteiger charge is 2.47. The maximum Gasteiger partial charge on any atom is 0.260 e. The van der Waals surface area contributed by atoms with Crippen LogP contribution in [-0.4, -0.2) is 41.1 Å². The first-order valence-electron chi connectivity index (χ1n) is 8.76. The predicted octanol–water partition coefficient (Wildman–Crippen LogP) is 2.59. The molecule has 1 aliphatic carbocycles. The fourth-order valence-electron chi connectivity index (χ4n) is 3.06. The van der Waals surface area contributed by atoms with Crippen molar-refractivity contribution in [2.24, 2.45) is 0 Å². The van der Waals surface area contributed by atoms with Gasteiger partial charge < -0.3 is 9.63 Å². The highest BCUT2D eigenvalue weighted by molar-refractivity contribution is 7.91. The molecule has 2 fully saturated rings. The van der Waals surface area contributed by atoms with Crippen LogP contribution >= 0.6 is 11.3 Å². The van der Waals surface area contributed by atoms with Crippen LogP contribution in [0.5, 0.6) is 0 Å². The summed E-state index contributed by atoms with van der Waals surface area (Å²) in [7, 11) is -3.65. The SMILES string of the molecule is CC(C)(C)c1ccc(S(=O)(=O)N2CC[C@@](O)(c3nc(C4CC4)no3)C2)s1. The quantitative estimate of drug-likeness (QED) is 0.852. The van der Waals surface area contributed by atoms with Crippen LogP contribution in [0.2, 0.25) is 0 Å². The summed E-state index contributed by atoms with van der Waals surface area (Å²) in [5.74, 6) is 1.06. The van der Waals surface area contributed by atoms with Crippen molar-refractivity contribution < 1.29 is 18.0 Å². The van der Waals surface area contributed by atoms with Gasteiger partial charge in [0.2, 0.25) is 0 Å². The zero-order valence-electron chi connectivity index (χ0n) is 15.1. The Morgan fingerprint density at radius 1 is 1.35 bits per heavy atom. The number of hydrogen-bond donors (Lipinski definition) is 1. The summed E-state index contributed by atoms with van der Waals surface area (Å²) in [6, 6.07) is 3.51. The Morgan fingerprint density at radius 2 is 2.08 bits per heavy atom. The Balaban J connectivity index is 1.55. The molecule has 0 bridgehead atoms. The summed E-state index contributed by atoms with van der Waals surface area (Å²) >= 11 is 1.28. The Bertz CT molecular complexity index is 924.